The van der Waals surface area contributed by atoms with E-state index in [1.54, 1.807) is 13.3 Å². The topological polar surface area (TPSA) is 69.9 Å². The molecule has 5 rings (SSSR count). The van der Waals surface area contributed by atoms with Crippen LogP contribution in [-0.2, 0) is 4.74 Å². The number of para-hydroxylation sites is 1. The number of halogens is 1. The first-order valence-corrected chi connectivity index (χ1v) is 10.2. The van der Waals surface area contributed by atoms with Crippen LogP contribution < -0.4 is 14.8 Å². The number of nitrogens with zero attached hydrogens (tertiary/aromatic N) is 3. The van der Waals surface area contributed by atoms with Gasteiger partial charge in [0.15, 0.2) is 6.17 Å². The van der Waals surface area contributed by atoms with Crippen molar-refractivity contribution in [2.75, 3.05) is 33.4 Å². The Morgan fingerprint density at radius 2 is 2.10 bits per heavy atom. The average Bonchev–Trinajstić information content (AvgIpc) is 3.40. The lowest BCUT2D eigenvalue weighted by Gasteiger charge is -2.16. The van der Waals surface area contributed by atoms with Crippen LogP contribution in [0.4, 0.5) is 4.39 Å². The van der Waals surface area contributed by atoms with E-state index in [9.17, 15) is 4.39 Å². The van der Waals surface area contributed by atoms with Gasteiger partial charge in [-0.15, -0.1) is 0 Å². The quantitative estimate of drug-likeness (QED) is 0.461. The van der Waals surface area contributed by atoms with Crippen LogP contribution >= 0.6 is 0 Å². The predicted molar refractivity (Wildman–Crippen MR) is 115 cm³/mol. The highest BCUT2D eigenvalue weighted by Gasteiger charge is 2.29. The number of fused-ring (bicyclic) bond motifs is 2. The summed E-state index contributed by atoms with van der Waals surface area (Å²) < 4.78 is 32.7. The van der Waals surface area contributed by atoms with Gasteiger partial charge in [-0.25, -0.2) is 14.4 Å². The van der Waals surface area contributed by atoms with Crippen molar-refractivity contribution < 1.29 is 18.6 Å². The molecular weight excluding hydrogens is 399 g/mol. The highest BCUT2D eigenvalue weighted by molar-refractivity contribution is 5.86. The molecule has 0 amide bonds. The van der Waals surface area contributed by atoms with Crippen LogP contribution in [0.25, 0.3) is 27.9 Å². The first-order valence-electron chi connectivity index (χ1n) is 10.2. The fourth-order valence-electron chi connectivity index (χ4n) is 3.74. The Bertz CT molecular complexity index is 1210. The normalized spacial score (nSPS) is 18.6. The number of alkyl halides is 1. The minimum atomic E-state index is -1.03. The lowest BCUT2D eigenvalue weighted by Crippen LogP contribution is -2.27. The maximum atomic E-state index is 14.0. The molecule has 160 valence electrons. The Hall–Kier alpha value is -3.23. The summed E-state index contributed by atoms with van der Waals surface area (Å²) in [5.74, 6) is 1.31. The van der Waals surface area contributed by atoms with Gasteiger partial charge in [0.1, 0.15) is 35.4 Å². The Kier molecular flexibility index (Phi) is 5.40. The van der Waals surface area contributed by atoms with Crippen molar-refractivity contribution in [3.63, 3.8) is 0 Å². The average molecular weight is 422 g/mol. The SMILES string of the molecule is COCCOc1ccn2c(-c3ccc4cccc(OC5CNC[C@@H]5F)c4n3)cnc2c1. The van der Waals surface area contributed by atoms with Crippen LogP contribution in [0.2, 0.25) is 0 Å². The zero-order chi connectivity index (χ0) is 21.2. The standard InChI is InChI=1S/C23H23FN4O3/c1-29-9-10-30-16-7-8-28-19(13-26-22(28)11-16)18-6-5-15-3-2-4-20(23(15)27-18)31-21-14-25-12-17(21)24/h2-8,11,13,17,21,25H,9-10,12,14H2,1H3/t17-,21?/m0/s1. The van der Waals surface area contributed by atoms with Gasteiger partial charge in [-0.1, -0.05) is 18.2 Å². The summed E-state index contributed by atoms with van der Waals surface area (Å²) in [5, 5.41) is 3.95. The van der Waals surface area contributed by atoms with E-state index in [0.717, 1.165) is 28.2 Å². The van der Waals surface area contributed by atoms with Crippen LogP contribution in [-0.4, -0.2) is 60.1 Å². The fourth-order valence-corrected chi connectivity index (χ4v) is 3.74. The Morgan fingerprint density at radius 1 is 1.16 bits per heavy atom. The summed E-state index contributed by atoms with van der Waals surface area (Å²) in [5.41, 5.74) is 3.06. The molecule has 0 radical (unpaired) electrons. The zero-order valence-electron chi connectivity index (χ0n) is 17.1. The third kappa shape index (κ3) is 3.92. The van der Waals surface area contributed by atoms with E-state index >= 15 is 0 Å². The van der Waals surface area contributed by atoms with E-state index < -0.39 is 12.3 Å². The molecule has 1 aliphatic rings. The molecule has 0 saturated carbocycles. The van der Waals surface area contributed by atoms with Gasteiger partial charge in [-0.05, 0) is 18.2 Å². The maximum absolute atomic E-state index is 14.0. The summed E-state index contributed by atoms with van der Waals surface area (Å²) in [6.45, 7) is 1.80. The van der Waals surface area contributed by atoms with Gasteiger partial charge >= 0.3 is 0 Å². The van der Waals surface area contributed by atoms with Crippen molar-refractivity contribution in [2.24, 2.45) is 0 Å². The number of nitrogens with one attached hydrogen (secondary N) is 1. The molecule has 7 nitrogen and oxygen atoms in total. The lowest BCUT2D eigenvalue weighted by atomic mass is 10.1. The van der Waals surface area contributed by atoms with Crippen molar-refractivity contribution in [1.82, 2.24) is 19.7 Å². The molecule has 1 aliphatic heterocycles. The number of ether oxygens (including phenoxy) is 3. The van der Waals surface area contributed by atoms with E-state index in [4.69, 9.17) is 19.2 Å². The molecule has 31 heavy (non-hydrogen) atoms. The molecule has 1 saturated heterocycles. The molecule has 4 heterocycles. The van der Waals surface area contributed by atoms with Crippen molar-refractivity contribution in [3.8, 4) is 22.9 Å². The number of aromatic nitrogens is 3. The van der Waals surface area contributed by atoms with Gasteiger partial charge in [0.25, 0.3) is 0 Å². The Balaban J connectivity index is 1.48. The minimum absolute atomic E-state index is 0.313. The molecule has 0 bridgehead atoms. The monoisotopic (exact) mass is 422 g/mol. The van der Waals surface area contributed by atoms with Crippen molar-refractivity contribution in [3.05, 3.63) is 54.9 Å². The highest BCUT2D eigenvalue weighted by Crippen LogP contribution is 2.30. The Labute approximate surface area is 178 Å². The molecule has 2 atom stereocenters. The minimum Gasteiger partial charge on any atom is -0.491 e. The van der Waals surface area contributed by atoms with Crippen LogP contribution in [0.15, 0.2) is 54.9 Å². The summed E-state index contributed by atoms with van der Waals surface area (Å²) in [7, 11) is 1.64. The van der Waals surface area contributed by atoms with Crippen molar-refractivity contribution >= 4 is 16.6 Å². The highest BCUT2D eigenvalue weighted by atomic mass is 19.1. The van der Waals surface area contributed by atoms with Gasteiger partial charge in [-0.2, -0.15) is 0 Å². The number of hydrogen-bond acceptors (Lipinski definition) is 6. The maximum Gasteiger partial charge on any atom is 0.150 e. The lowest BCUT2D eigenvalue weighted by molar-refractivity contribution is 0.141. The molecule has 1 N–H and O–H groups in total. The summed E-state index contributed by atoms with van der Waals surface area (Å²) in [6, 6.07) is 13.4. The largest absolute Gasteiger partial charge is 0.491 e. The zero-order valence-corrected chi connectivity index (χ0v) is 17.1. The Morgan fingerprint density at radius 3 is 2.94 bits per heavy atom. The molecular formula is C23H23FN4O3. The smallest absolute Gasteiger partial charge is 0.150 e. The molecule has 0 spiro atoms. The molecule has 1 unspecified atom stereocenters. The number of rotatable bonds is 7. The number of pyridine rings is 2. The van der Waals surface area contributed by atoms with Crippen LogP contribution in [0, 0.1) is 0 Å². The number of methoxy groups -OCH3 is 1. The second-order valence-electron chi connectivity index (χ2n) is 7.43. The molecule has 0 aliphatic carbocycles. The van der Waals surface area contributed by atoms with E-state index in [2.05, 4.69) is 10.3 Å². The molecule has 3 aromatic heterocycles. The molecule has 1 fully saturated rings. The van der Waals surface area contributed by atoms with Gasteiger partial charge in [-0.3, -0.25) is 4.40 Å². The van der Waals surface area contributed by atoms with Crippen LogP contribution in [0.3, 0.4) is 0 Å². The van der Waals surface area contributed by atoms with Gasteiger partial charge in [0.2, 0.25) is 0 Å². The second kappa shape index (κ2) is 8.49. The van der Waals surface area contributed by atoms with Gasteiger partial charge in [0, 0.05) is 37.8 Å². The van der Waals surface area contributed by atoms with E-state index in [0.29, 0.717) is 37.6 Å². The summed E-state index contributed by atoms with van der Waals surface area (Å²) in [4.78, 5) is 9.34. The summed E-state index contributed by atoms with van der Waals surface area (Å²) in [6.07, 6.45) is 2.15. The van der Waals surface area contributed by atoms with Crippen molar-refractivity contribution in [2.45, 2.75) is 12.3 Å². The number of benzene rings is 1. The first kappa shape index (κ1) is 19.7. The van der Waals surface area contributed by atoms with E-state index in [1.165, 1.54) is 0 Å². The third-order valence-electron chi connectivity index (χ3n) is 5.35. The van der Waals surface area contributed by atoms with E-state index in [-0.39, 0.29) is 0 Å². The van der Waals surface area contributed by atoms with Gasteiger partial charge in [0.05, 0.1) is 24.2 Å². The second-order valence-corrected chi connectivity index (χ2v) is 7.43. The first-order chi connectivity index (χ1) is 15.2. The molecule has 4 aromatic rings. The molecule has 8 heteroatoms. The van der Waals surface area contributed by atoms with Crippen LogP contribution in [0.1, 0.15) is 0 Å². The third-order valence-corrected chi connectivity index (χ3v) is 5.35. The number of hydrogen-bond donors (Lipinski definition) is 1. The van der Waals surface area contributed by atoms with Crippen molar-refractivity contribution in [1.29, 1.82) is 0 Å². The number of imidazole rings is 1. The predicted octanol–water partition coefficient (Wildman–Crippen LogP) is 3.26. The molecule has 1 aromatic carbocycles. The van der Waals surface area contributed by atoms with E-state index in [1.807, 2.05) is 53.1 Å². The fraction of sp³-hybridized carbons (Fsp3) is 0.304. The van der Waals surface area contributed by atoms with Crippen LogP contribution in [0.5, 0.6) is 11.5 Å². The summed E-state index contributed by atoms with van der Waals surface area (Å²) >= 11 is 0. The van der Waals surface area contributed by atoms with Gasteiger partial charge < -0.3 is 19.5 Å².